The second-order valence-electron chi connectivity index (χ2n) is 2.11. The van der Waals surface area contributed by atoms with Crippen molar-refractivity contribution < 1.29 is 0 Å². The first kappa shape index (κ1) is 6.08. The fraction of sp³-hybridized carbons (Fsp3) is 0.286. The number of aromatic nitrogens is 2. The van der Waals surface area contributed by atoms with E-state index < -0.39 is 0 Å². The Morgan fingerprint density at radius 1 is 1.44 bits per heavy atom. The monoisotopic (exact) mass is 122 g/mol. The van der Waals surface area contributed by atoms with Gasteiger partial charge in [-0.2, -0.15) is 0 Å². The van der Waals surface area contributed by atoms with Crippen LogP contribution in [0.2, 0.25) is 0 Å². The maximum Gasteiger partial charge on any atom is 0.106 e. The first-order valence-corrected chi connectivity index (χ1v) is 2.80. The van der Waals surface area contributed by atoms with Gasteiger partial charge in [0.2, 0.25) is 0 Å². The number of hydrogen-bond donors (Lipinski definition) is 0. The minimum Gasteiger partial charge on any atom is -0.332 e. The van der Waals surface area contributed by atoms with Gasteiger partial charge in [-0.3, -0.25) is 0 Å². The maximum absolute atomic E-state index is 4.10. The van der Waals surface area contributed by atoms with Gasteiger partial charge in [-0.05, 0) is 6.92 Å². The zero-order valence-corrected chi connectivity index (χ0v) is 5.81. The first-order chi connectivity index (χ1) is 4.13. The third kappa shape index (κ3) is 0.762. The molecule has 2 heteroatoms. The Bertz CT molecular complexity index is 308. The molecule has 9 heavy (non-hydrogen) atoms. The van der Waals surface area contributed by atoms with Crippen molar-refractivity contribution in [1.82, 2.24) is 9.55 Å². The van der Waals surface area contributed by atoms with Gasteiger partial charge in [-0.1, -0.05) is 13.2 Å². The smallest absolute Gasteiger partial charge is 0.106 e. The predicted octanol–water partition coefficient (Wildman–Crippen LogP) is -0.451. The molecule has 0 aliphatic heterocycles. The summed E-state index contributed by atoms with van der Waals surface area (Å²) in [7, 11) is 1.93. The Labute approximate surface area is 54.2 Å². The molecule has 0 atom stereocenters. The largest absolute Gasteiger partial charge is 0.332 e. The molecule has 0 aliphatic carbocycles. The summed E-state index contributed by atoms with van der Waals surface area (Å²) in [5.74, 6) is 0.963. The molecule has 0 aliphatic rings. The summed E-state index contributed by atoms with van der Waals surface area (Å²) >= 11 is 0. The maximum atomic E-state index is 4.10. The normalized spacial score (nSPS) is 10.0. The van der Waals surface area contributed by atoms with Gasteiger partial charge in [0.15, 0.2) is 0 Å². The fourth-order valence-corrected chi connectivity index (χ4v) is 0.724. The molecule has 1 aromatic heterocycles. The lowest BCUT2D eigenvalue weighted by molar-refractivity contribution is 0.834. The number of nitrogens with zero attached hydrogens (tertiary/aromatic N) is 2. The number of imidazole rings is 1. The molecule has 1 rings (SSSR count). The van der Waals surface area contributed by atoms with Crippen LogP contribution in [0.15, 0.2) is 0 Å². The SMILES string of the molecule is C=c1nc(C)n(C)c1=C. The quantitative estimate of drug-likeness (QED) is 0.455. The van der Waals surface area contributed by atoms with Gasteiger partial charge < -0.3 is 4.57 Å². The Morgan fingerprint density at radius 2 is 2.00 bits per heavy atom. The van der Waals surface area contributed by atoms with Crippen LogP contribution in [0.25, 0.3) is 13.2 Å². The Hall–Kier alpha value is -1.05. The van der Waals surface area contributed by atoms with Crippen molar-refractivity contribution in [2.45, 2.75) is 6.92 Å². The highest BCUT2D eigenvalue weighted by Gasteiger charge is 1.92. The summed E-state index contributed by atoms with van der Waals surface area (Å²) in [6, 6.07) is 0. The molecule has 0 bridgehead atoms. The molecule has 0 saturated heterocycles. The second-order valence-corrected chi connectivity index (χ2v) is 2.11. The zero-order chi connectivity index (χ0) is 7.02. The molecule has 0 fully saturated rings. The van der Waals surface area contributed by atoms with E-state index in [-0.39, 0.29) is 0 Å². The highest BCUT2D eigenvalue weighted by Crippen LogP contribution is 1.76. The number of hydrogen-bond acceptors (Lipinski definition) is 1. The van der Waals surface area contributed by atoms with Crippen LogP contribution >= 0.6 is 0 Å². The molecule has 0 radical (unpaired) electrons. The lowest BCUT2D eigenvalue weighted by Crippen LogP contribution is -2.25. The van der Waals surface area contributed by atoms with Gasteiger partial charge in [0.05, 0.1) is 10.7 Å². The van der Waals surface area contributed by atoms with Crippen molar-refractivity contribution in [3.05, 3.63) is 16.5 Å². The number of rotatable bonds is 0. The van der Waals surface area contributed by atoms with Gasteiger partial charge >= 0.3 is 0 Å². The molecular weight excluding hydrogens is 112 g/mol. The van der Waals surface area contributed by atoms with Crippen molar-refractivity contribution in [3.63, 3.8) is 0 Å². The van der Waals surface area contributed by atoms with E-state index in [1.807, 2.05) is 18.5 Å². The van der Waals surface area contributed by atoms with Crippen molar-refractivity contribution in [2.24, 2.45) is 7.05 Å². The minimum absolute atomic E-state index is 0.773. The number of aryl methyl sites for hydroxylation is 1. The molecule has 0 amide bonds. The zero-order valence-electron chi connectivity index (χ0n) is 5.81. The van der Waals surface area contributed by atoms with E-state index in [4.69, 9.17) is 0 Å². The summed E-state index contributed by atoms with van der Waals surface area (Å²) in [5.41, 5.74) is 0. The standard InChI is InChI=1S/C7H10N2/c1-5-6(2)9(4)7(3)8-5/h1-2H2,3-4H3. The van der Waals surface area contributed by atoms with Crippen LogP contribution in [0.5, 0.6) is 0 Å². The molecule has 0 unspecified atom stereocenters. The summed E-state index contributed by atoms with van der Waals surface area (Å²) in [5, 5.41) is 1.67. The molecule has 0 N–H and O–H groups in total. The van der Waals surface area contributed by atoms with E-state index in [0.717, 1.165) is 16.5 Å². The van der Waals surface area contributed by atoms with Gasteiger partial charge in [-0.25, -0.2) is 4.98 Å². The Kier molecular flexibility index (Phi) is 1.16. The lowest BCUT2D eigenvalue weighted by Gasteiger charge is -1.89. The van der Waals surface area contributed by atoms with Crippen LogP contribution in [-0.2, 0) is 7.05 Å². The highest BCUT2D eigenvalue weighted by atomic mass is 15.0. The van der Waals surface area contributed by atoms with E-state index in [1.54, 1.807) is 0 Å². The third-order valence-electron chi connectivity index (χ3n) is 1.52. The van der Waals surface area contributed by atoms with Gasteiger partial charge in [0.25, 0.3) is 0 Å². The summed E-state index contributed by atoms with van der Waals surface area (Å²) < 4.78 is 1.92. The fourth-order valence-electron chi connectivity index (χ4n) is 0.724. The van der Waals surface area contributed by atoms with E-state index in [1.165, 1.54) is 0 Å². The third-order valence-corrected chi connectivity index (χ3v) is 1.52. The summed E-state index contributed by atoms with van der Waals surface area (Å²) in [4.78, 5) is 4.10. The van der Waals surface area contributed by atoms with Crippen molar-refractivity contribution in [1.29, 1.82) is 0 Å². The predicted molar refractivity (Wildman–Crippen MR) is 38.2 cm³/mol. The van der Waals surface area contributed by atoms with Gasteiger partial charge in [0.1, 0.15) is 5.82 Å². The minimum atomic E-state index is 0.773. The van der Waals surface area contributed by atoms with Crippen molar-refractivity contribution in [2.75, 3.05) is 0 Å². The lowest BCUT2D eigenvalue weighted by atomic mass is 10.6. The van der Waals surface area contributed by atoms with E-state index >= 15 is 0 Å². The molecule has 1 aromatic rings. The van der Waals surface area contributed by atoms with Crippen molar-refractivity contribution >= 4 is 13.2 Å². The molecule has 0 saturated carbocycles. The van der Waals surface area contributed by atoms with Crippen LogP contribution in [0, 0.1) is 6.92 Å². The Balaban J connectivity index is 3.68. The van der Waals surface area contributed by atoms with Gasteiger partial charge in [0, 0.05) is 7.05 Å². The highest BCUT2D eigenvalue weighted by molar-refractivity contribution is 5.06. The molecule has 0 aromatic carbocycles. The second kappa shape index (κ2) is 1.72. The summed E-state index contributed by atoms with van der Waals surface area (Å²) in [6.07, 6.45) is 0. The first-order valence-electron chi connectivity index (χ1n) is 2.80. The average molecular weight is 122 g/mol. The molecule has 2 nitrogen and oxygen atoms in total. The van der Waals surface area contributed by atoms with E-state index in [9.17, 15) is 0 Å². The van der Waals surface area contributed by atoms with Crippen LogP contribution in [-0.4, -0.2) is 9.55 Å². The van der Waals surface area contributed by atoms with Gasteiger partial charge in [-0.15, -0.1) is 0 Å². The molecular formula is C7H10N2. The van der Waals surface area contributed by atoms with E-state index in [0.29, 0.717) is 0 Å². The Morgan fingerprint density at radius 3 is 2.11 bits per heavy atom. The van der Waals surface area contributed by atoms with Crippen LogP contribution in [0.4, 0.5) is 0 Å². The van der Waals surface area contributed by atoms with Crippen LogP contribution < -0.4 is 10.7 Å². The molecule has 48 valence electrons. The molecule has 1 heterocycles. The van der Waals surface area contributed by atoms with Crippen LogP contribution in [0.1, 0.15) is 5.82 Å². The van der Waals surface area contributed by atoms with E-state index in [2.05, 4.69) is 18.1 Å². The average Bonchev–Trinajstić information content (AvgIpc) is 1.98. The molecule has 0 spiro atoms. The summed E-state index contributed by atoms with van der Waals surface area (Å²) in [6.45, 7) is 9.42. The van der Waals surface area contributed by atoms with Crippen LogP contribution in [0.3, 0.4) is 0 Å². The van der Waals surface area contributed by atoms with Crippen molar-refractivity contribution in [3.8, 4) is 0 Å². The topological polar surface area (TPSA) is 17.8 Å².